The van der Waals surface area contributed by atoms with E-state index in [0.29, 0.717) is 5.82 Å². The van der Waals surface area contributed by atoms with E-state index in [1.54, 1.807) is 0 Å². The normalized spacial score (nSPS) is 11.8. The van der Waals surface area contributed by atoms with Gasteiger partial charge in [0, 0.05) is 24.6 Å². The zero-order valence-corrected chi connectivity index (χ0v) is 14.3. The molecule has 0 amide bonds. The minimum atomic E-state index is -0.106. The van der Waals surface area contributed by atoms with Gasteiger partial charge < -0.3 is 15.2 Å². The topological polar surface area (TPSA) is 70.3 Å². The fraction of sp³-hybridized carbons (Fsp3) is 0.733. The Morgan fingerprint density at radius 3 is 2.33 bits per heavy atom. The van der Waals surface area contributed by atoms with Crippen molar-refractivity contribution >= 4 is 11.6 Å². The Morgan fingerprint density at radius 2 is 1.86 bits per heavy atom. The second kappa shape index (κ2) is 7.56. The highest BCUT2D eigenvalue weighted by atomic mass is 15.3. The van der Waals surface area contributed by atoms with Gasteiger partial charge in [-0.05, 0) is 34.0 Å². The Bertz CT molecular complexity index is 438. The number of hydrazine groups is 1. The van der Waals surface area contributed by atoms with Gasteiger partial charge in [0.25, 0.3) is 0 Å². The molecule has 6 nitrogen and oxygen atoms in total. The van der Waals surface area contributed by atoms with Crippen LogP contribution in [0.15, 0.2) is 6.07 Å². The summed E-state index contributed by atoms with van der Waals surface area (Å²) < 4.78 is 0. The van der Waals surface area contributed by atoms with E-state index >= 15 is 0 Å². The molecule has 0 aliphatic carbocycles. The van der Waals surface area contributed by atoms with Gasteiger partial charge in [0.2, 0.25) is 0 Å². The van der Waals surface area contributed by atoms with Crippen LogP contribution in [0.1, 0.15) is 39.9 Å². The number of hydrogen-bond donors (Lipinski definition) is 2. The van der Waals surface area contributed by atoms with Crippen molar-refractivity contribution in [3.63, 3.8) is 0 Å². The highest BCUT2D eigenvalue weighted by molar-refractivity contribution is 5.49. The van der Waals surface area contributed by atoms with Gasteiger partial charge in [0.05, 0.1) is 0 Å². The van der Waals surface area contributed by atoms with Gasteiger partial charge in [-0.15, -0.1) is 0 Å². The SMILES string of the molecule is CCN(CCCN(C)C)c1cc(NN)nc(C(C)(C)C)n1. The van der Waals surface area contributed by atoms with Crippen molar-refractivity contribution in [2.75, 3.05) is 44.1 Å². The molecule has 0 saturated carbocycles. The molecule has 0 aliphatic rings. The predicted octanol–water partition coefficient (Wildman–Crippen LogP) is 1.84. The van der Waals surface area contributed by atoms with Crippen molar-refractivity contribution in [2.24, 2.45) is 5.84 Å². The van der Waals surface area contributed by atoms with E-state index in [4.69, 9.17) is 10.8 Å². The molecular weight excluding hydrogens is 264 g/mol. The smallest absolute Gasteiger partial charge is 0.145 e. The summed E-state index contributed by atoms with van der Waals surface area (Å²) in [4.78, 5) is 13.7. The fourth-order valence-electron chi connectivity index (χ4n) is 2.02. The summed E-state index contributed by atoms with van der Waals surface area (Å²) >= 11 is 0. The number of nitrogens with two attached hydrogens (primary N) is 1. The zero-order chi connectivity index (χ0) is 16.0. The number of nitrogens with zero attached hydrogens (tertiary/aromatic N) is 4. The van der Waals surface area contributed by atoms with E-state index in [1.807, 2.05) is 6.07 Å². The average Bonchev–Trinajstić information content (AvgIpc) is 2.41. The lowest BCUT2D eigenvalue weighted by molar-refractivity contribution is 0.400. The third kappa shape index (κ3) is 5.47. The molecule has 0 atom stereocenters. The Labute approximate surface area is 128 Å². The van der Waals surface area contributed by atoms with Gasteiger partial charge in [-0.1, -0.05) is 20.8 Å². The maximum Gasteiger partial charge on any atom is 0.145 e. The monoisotopic (exact) mass is 294 g/mol. The van der Waals surface area contributed by atoms with Crippen LogP contribution in [0.2, 0.25) is 0 Å². The van der Waals surface area contributed by atoms with Crippen LogP contribution in [0.3, 0.4) is 0 Å². The first-order valence-corrected chi connectivity index (χ1v) is 7.53. The molecule has 1 rings (SSSR count). The van der Waals surface area contributed by atoms with Crippen molar-refractivity contribution in [1.29, 1.82) is 0 Å². The van der Waals surface area contributed by atoms with E-state index in [0.717, 1.165) is 37.7 Å². The average molecular weight is 294 g/mol. The third-order valence-corrected chi connectivity index (χ3v) is 3.27. The lowest BCUT2D eigenvalue weighted by atomic mass is 9.96. The molecule has 120 valence electrons. The molecule has 0 aliphatic heterocycles. The van der Waals surface area contributed by atoms with Gasteiger partial charge in [-0.25, -0.2) is 15.8 Å². The van der Waals surface area contributed by atoms with Crippen LogP contribution in [0.25, 0.3) is 0 Å². The molecule has 1 heterocycles. The number of aromatic nitrogens is 2. The molecule has 0 radical (unpaired) electrons. The van der Waals surface area contributed by atoms with E-state index in [1.165, 1.54) is 0 Å². The standard InChI is InChI=1S/C15H30N6/c1-7-21(10-8-9-20(5)6)13-11-12(19-16)17-14(18-13)15(2,3)4/h11H,7-10,16H2,1-6H3,(H,17,18,19). The van der Waals surface area contributed by atoms with Gasteiger partial charge >= 0.3 is 0 Å². The molecule has 3 N–H and O–H groups in total. The van der Waals surface area contributed by atoms with Crippen LogP contribution in [-0.4, -0.2) is 48.6 Å². The van der Waals surface area contributed by atoms with Crippen LogP contribution < -0.4 is 16.2 Å². The Morgan fingerprint density at radius 1 is 1.19 bits per heavy atom. The number of rotatable bonds is 7. The highest BCUT2D eigenvalue weighted by Gasteiger charge is 2.20. The first kappa shape index (κ1) is 17.7. The van der Waals surface area contributed by atoms with Gasteiger partial charge in [-0.2, -0.15) is 0 Å². The first-order chi connectivity index (χ1) is 9.77. The molecule has 6 heteroatoms. The lowest BCUT2D eigenvalue weighted by Crippen LogP contribution is -2.29. The van der Waals surface area contributed by atoms with Gasteiger partial charge in [-0.3, -0.25) is 0 Å². The fourth-order valence-corrected chi connectivity index (χ4v) is 2.02. The molecule has 21 heavy (non-hydrogen) atoms. The largest absolute Gasteiger partial charge is 0.357 e. The van der Waals surface area contributed by atoms with Crippen molar-refractivity contribution in [3.8, 4) is 0 Å². The molecule has 0 aromatic carbocycles. The zero-order valence-electron chi connectivity index (χ0n) is 14.3. The van der Waals surface area contributed by atoms with Crippen LogP contribution in [0.4, 0.5) is 11.6 Å². The molecule has 0 fully saturated rings. The minimum Gasteiger partial charge on any atom is -0.357 e. The maximum atomic E-state index is 5.55. The number of anilines is 2. The van der Waals surface area contributed by atoms with Crippen LogP contribution >= 0.6 is 0 Å². The van der Waals surface area contributed by atoms with E-state index < -0.39 is 0 Å². The molecule has 0 spiro atoms. The summed E-state index contributed by atoms with van der Waals surface area (Å²) in [6.07, 6.45) is 1.10. The third-order valence-electron chi connectivity index (χ3n) is 3.27. The maximum absolute atomic E-state index is 5.55. The lowest BCUT2D eigenvalue weighted by Gasteiger charge is -2.25. The molecular formula is C15H30N6. The van der Waals surface area contributed by atoms with Crippen molar-refractivity contribution in [2.45, 2.75) is 39.5 Å². The molecule has 0 saturated heterocycles. The summed E-state index contributed by atoms with van der Waals surface area (Å²) in [5.74, 6) is 7.95. The predicted molar refractivity (Wildman–Crippen MR) is 89.6 cm³/mol. The summed E-state index contributed by atoms with van der Waals surface area (Å²) in [7, 11) is 4.18. The summed E-state index contributed by atoms with van der Waals surface area (Å²) in [6, 6.07) is 1.91. The Hall–Kier alpha value is -1.40. The molecule has 0 unspecified atom stereocenters. The van der Waals surface area contributed by atoms with E-state index in [-0.39, 0.29) is 5.41 Å². The number of hydrogen-bond acceptors (Lipinski definition) is 6. The van der Waals surface area contributed by atoms with Gasteiger partial charge in [0.15, 0.2) is 0 Å². The first-order valence-electron chi connectivity index (χ1n) is 7.53. The summed E-state index contributed by atoms with van der Waals surface area (Å²) in [6.45, 7) is 11.4. The Balaban J connectivity index is 2.97. The van der Waals surface area contributed by atoms with Crippen molar-refractivity contribution in [1.82, 2.24) is 14.9 Å². The van der Waals surface area contributed by atoms with Crippen LogP contribution in [0, 0.1) is 0 Å². The summed E-state index contributed by atoms with van der Waals surface area (Å²) in [5, 5.41) is 0. The number of nitrogens with one attached hydrogen (secondary N) is 1. The van der Waals surface area contributed by atoms with Crippen LogP contribution in [-0.2, 0) is 5.41 Å². The van der Waals surface area contributed by atoms with Crippen molar-refractivity contribution < 1.29 is 0 Å². The number of nitrogen functional groups attached to an aromatic ring is 1. The van der Waals surface area contributed by atoms with E-state index in [9.17, 15) is 0 Å². The second-order valence-electron chi connectivity index (χ2n) is 6.57. The summed E-state index contributed by atoms with van der Waals surface area (Å²) in [5.41, 5.74) is 2.54. The van der Waals surface area contributed by atoms with E-state index in [2.05, 4.69) is 62.0 Å². The Kier molecular flexibility index (Phi) is 6.36. The quantitative estimate of drug-likeness (QED) is 0.591. The van der Waals surface area contributed by atoms with Crippen LogP contribution in [0.5, 0.6) is 0 Å². The van der Waals surface area contributed by atoms with Crippen molar-refractivity contribution in [3.05, 3.63) is 11.9 Å². The molecule has 1 aromatic rings. The molecule has 0 bridgehead atoms. The highest BCUT2D eigenvalue weighted by Crippen LogP contribution is 2.23. The van der Waals surface area contributed by atoms with Gasteiger partial charge in [0.1, 0.15) is 17.5 Å². The minimum absolute atomic E-state index is 0.106. The molecule has 1 aromatic heterocycles. The second-order valence-corrected chi connectivity index (χ2v) is 6.57.